The van der Waals surface area contributed by atoms with Crippen molar-refractivity contribution in [1.82, 2.24) is 24.7 Å². The number of alkyl halides is 6. The van der Waals surface area contributed by atoms with Crippen LogP contribution in [-0.2, 0) is 19.4 Å². The van der Waals surface area contributed by atoms with E-state index in [2.05, 4.69) is 52.1 Å². The predicted octanol–water partition coefficient (Wildman–Crippen LogP) is 11.6. The fourth-order valence-electron chi connectivity index (χ4n) is 7.41. The summed E-state index contributed by atoms with van der Waals surface area (Å²) in [6.45, 7) is 4.60. The van der Waals surface area contributed by atoms with Crippen molar-refractivity contribution in [2.75, 3.05) is 29.9 Å². The molecule has 0 spiro atoms. The van der Waals surface area contributed by atoms with E-state index in [1.54, 1.807) is 59.1 Å². The lowest BCUT2D eigenvalue weighted by atomic mass is 9.89. The van der Waals surface area contributed by atoms with Crippen molar-refractivity contribution in [2.24, 2.45) is 0 Å². The number of aryl methyl sites for hydroxylation is 1. The lowest BCUT2D eigenvalue weighted by Crippen LogP contribution is -2.32. The third-order valence-electron chi connectivity index (χ3n) is 10.5. The molecule has 8 rings (SSSR count). The van der Waals surface area contributed by atoms with Gasteiger partial charge in [-0.3, -0.25) is 9.20 Å². The third kappa shape index (κ3) is 12.3. The number of halogens is 8. The van der Waals surface area contributed by atoms with Crippen molar-refractivity contribution in [3.63, 3.8) is 0 Å². The topological polar surface area (TPSA) is 106 Å². The second-order valence-electron chi connectivity index (χ2n) is 14.8. The molecule has 0 atom stereocenters. The maximum Gasteiger partial charge on any atom is 0.573 e. The van der Waals surface area contributed by atoms with Gasteiger partial charge in [-0.05, 0) is 115 Å². The van der Waals surface area contributed by atoms with Gasteiger partial charge >= 0.3 is 12.7 Å². The molecule has 1 aliphatic rings. The van der Waals surface area contributed by atoms with Gasteiger partial charge in [0.05, 0.1) is 16.2 Å². The number of carbonyl (C=O) groups excluding carboxylic acids is 1. The Balaban J connectivity index is 0.000000211. The largest absolute Gasteiger partial charge is 0.573 e. The van der Waals surface area contributed by atoms with Gasteiger partial charge < -0.3 is 25.0 Å². The number of nitrogens with zero attached hydrogens (tertiary/aromatic N) is 5. The summed E-state index contributed by atoms with van der Waals surface area (Å²) < 4.78 is 83.1. The highest BCUT2D eigenvalue weighted by Crippen LogP contribution is 2.33. The van der Waals surface area contributed by atoms with Gasteiger partial charge in [0.1, 0.15) is 35.0 Å². The average molecular weight is 925 g/mol. The van der Waals surface area contributed by atoms with Crippen LogP contribution in [0.3, 0.4) is 0 Å². The monoisotopic (exact) mass is 923 g/mol. The van der Waals surface area contributed by atoms with Crippen LogP contribution in [0.5, 0.6) is 11.5 Å². The zero-order valence-corrected chi connectivity index (χ0v) is 35.7. The van der Waals surface area contributed by atoms with E-state index in [0.29, 0.717) is 53.1 Å². The number of imidazole rings is 1. The summed E-state index contributed by atoms with van der Waals surface area (Å²) in [6.07, 6.45) is -3.16. The van der Waals surface area contributed by atoms with Crippen molar-refractivity contribution in [2.45, 2.75) is 57.8 Å². The summed E-state index contributed by atoms with van der Waals surface area (Å²) in [5.41, 5.74) is 6.62. The van der Waals surface area contributed by atoms with Gasteiger partial charge in [-0.25, -0.2) is 15.0 Å². The van der Waals surface area contributed by atoms with Crippen LogP contribution >= 0.6 is 23.2 Å². The molecule has 4 heterocycles. The summed E-state index contributed by atoms with van der Waals surface area (Å²) >= 11 is 12.1. The smallest absolute Gasteiger partial charge is 0.406 e. The first-order chi connectivity index (χ1) is 30.6. The van der Waals surface area contributed by atoms with Gasteiger partial charge in [-0.2, -0.15) is 0 Å². The number of pyridine rings is 1. The van der Waals surface area contributed by atoms with Gasteiger partial charge in [0, 0.05) is 48.5 Å². The van der Waals surface area contributed by atoms with E-state index >= 15 is 0 Å². The summed E-state index contributed by atoms with van der Waals surface area (Å²) in [6, 6.07) is 29.0. The number of fused-ring (bicyclic) bond motifs is 2. The number of nitrogens with one attached hydrogen (secondary N) is 2. The predicted molar refractivity (Wildman–Crippen MR) is 234 cm³/mol. The Bertz CT molecular complexity index is 2670. The van der Waals surface area contributed by atoms with E-state index in [-0.39, 0.29) is 23.3 Å². The molecule has 64 heavy (non-hydrogen) atoms. The second-order valence-corrected chi connectivity index (χ2v) is 15.7. The maximum atomic E-state index is 13.0. The summed E-state index contributed by atoms with van der Waals surface area (Å²) in [7, 11) is 0. The normalized spacial score (nSPS) is 13.4. The quantitative estimate of drug-likeness (QED) is 0.117. The van der Waals surface area contributed by atoms with Crippen LogP contribution in [0.15, 0.2) is 116 Å². The second kappa shape index (κ2) is 20.1. The molecule has 7 aromatic rings. The fourth-order valence-corrected chi connectivity index (χ4v) is 7.74. The molecule has 0 saturated carbocycles. The molecule has 1 saturated heterocycles. The molecule has 0 radical (unpaired) electrons. The number of amides is 1. The molecular formula is C46H41Cl2F6N7O3. The number of piperidine rings is 1. The molecule has 10 nitrogen and oxygen atoms in total. The maximum absolute atomic E-state index is 13.0. The molecule has 3 aromatic heterocycles. The molecule has 4 aromatic carbocycles. The molecule has 1 fully saturated rings. The van der Waals surface area contributed by atoms with Crippen LogP contribution < -0.4 is 25.0 Å². The Morgan fingerprint density at radius 1 is 0.781 bits per heavy atom. The minimum atomic E-state index is -4.68. The highest BCUT2D eigenvalue weighted by Gasteiger charge is 2.32. The Labute approximate surface area is 374 Å². The van der Waals surface area contributed by atoms with Gasteiger partial charge in [0.2, 0.25) is 0 Å². The first kappa shape index (κ1) is 45.8. The number of hydrogen-bond donors (Lipinski definition) is 2. The van der Waals surface area contributed by atoms with E-state index in [0.717, 1.165) is 64.9 Å². The Morgan fingerprint density at radius 3 is 2.05 bits per heavy atom. The van der Waals surface area contributed by atoms with Crippen LogP contribution in [0.4, 0.5) is 37.8 Å². The minimum absolute atomic E-state index is 0.200. The van der Waals surface area contributed by atoms with Crippen LogP contribution in [0.1, 0.15) is 58.6 Å². The van der Waals surface area contributed by atoms with Gasteiger partial charge in [0.25, 0.3) is 5.91 Å². The molecule has 1 amide bonds. The molecular weight excluding hydrogens is 883 g/mol. The van der Waals surface area contributed by atoms with Crippen molar-refractivity contribution >= 4 is 57.2 Å². The van der Waals surface area contributed by atoms with Crippen molar-refractivity contribution < 1.29 is 40.6 Å². The molecule has 0 bridgehead atoms. The summed E-state index contributed by atoms with van der Waals surface area (Å²) in [5.74, 6) is 0.333. The molecule has 18 heteroatoms. The molecule has 0 unspecified atom stereocenters. The average Bonchev–Trinajstić information content (AvgIpc) is 3.64. The van der Waals surface area contributed by atoms with E-state index in [1.807, 2.05) is 25.1 Å². The van der Waals surface area contributed by atoms with Gasteiger partial charge in [-0.1, -0.05) is 66.5 Å². The number of anilines is 2. The number of benzene rings is 4. The summed E-state index contributed by atoms with van der Waals surface area (Å²) in [4.78, 5) is 28.3. The number of carbonyl (C=O) groups is 1. The standard InChI is InChI=1S/C29H28ClF3N4O2.C17H13ClF3N3O/c1-2-25-27(37-18-22(30)7-12-26(37)35-25)28(38)34-17-19-3-8-23(9-4-19)36-15-13-21(14-16-36)20-5-10-24(11-6-20)39-29(31,32)33;18-12-3-6-14-15(9-12)23-10-24-16(14)22-8-7-11-1-4-13(5-2-11)25-17(19,20)21/h3-12,18,21H,2,13-17H2,1H3,(H,34,38);1-6,9-10H,7-8H2,(H,22,23,24). The first-order valence-corrected chi connectivity index (χ1v) is 21.0. The third-order valence-corrected chi connectivity index (χ3v) is 11.0. The van der Waals surface area contributed by atoms with Crippen molar-refractivity contribution in [3.8, 4) is 11.5 Å². The lowest BCUT2D eigenvalue weighted by molar-refractivity contribution is -0.275. The van der Waals surface area contributed by atoms with Crippen molar-refractivity contribution in [1.29, 1.82) is 0 Å². The Kier molecular flexibility index (Phi) is 14.3. The number of aromatic nitrogens is 4. The zero-order valence-electron chi connectivity index (χ0n) is 34.2. The highest BCUT2D eigenvalue weighted by molar-refractivity contribution is 6.31. The van der Waals surface area contributed by atoms with Crippen LogP contribution in [0, 0.1) is 0 Å². The SMILES string of the molecule is CCc1nc2ccc(Cl)cn2c1C(=O)NCc1ccc(N2CCC(c3ccc(OC(F)(F)F)cc3)CC2)cc1.FC(F)(F)Oc1ccc(CCNc2ncnc3cc(Cl)ccc23)cc1. The van der Waals surface area contributed by atoms with E-state index in [9.17, 15) is 31.1 Å². The van der Waals surface area contributed by atoms with E-state index in [1.165, 1.54) is 30.6 Å². The van der Waals surface area contributed by atoms with Crippen LogP contribution in [0.2, 0.25) is 10.0 Å². The van der Waals surface area contributed by atoms with E-state index < -0.39 is 12.7 Å². The zero-order chi connectivity index (χ0) is 45.4. The molecule has 0 aliphatic carbocycles. The van der Waals surface area contributed by atoms with Crippen molar-refractivity contribution in [3.05, 3.63) is 154 Å². The number of ether oxygens (including phenoxy) is 2. The van der Waals surface area contributed by atoms with Gasteiger partial charge in [0.15, 0.2) is 0 Å². The highest BCUT2D eigenvalue weighted by atomic mass is 35.5. The summed E-state index contributed by atoms with van der Waals surface area (Å²) in [5, 5.41) is 8.18. The number of rotatable bonds is 12. The van der Waals surface area contributed by atoms with Crippen LogP contribution in [0.25, 0.3) is 16.6 Å². The van der Waals surface area contributed by atoms with Crippen LogP contribution in [-0.4, -0.2) is 57.6 Å². The lowest BCUT2D eigenvalue weighted by Gasteiger charge is -2.34. The minimum Gasteiger partial charge on any atom is -0.406 e. The molecule has 1 aliphatic heterocycles. The molecule has 2 N–H and O–H groups in total. The Morgan fingerprint density at radius 2 is 1.41 bits per heavy atom. The first-order valence-electron chi connectivity index (χ1n) is 20.2. The Hall–Kier alpha value is -6.26. The number of hydrogen-bond acceptors (Lipinski definition) is 8. The fraction of sp³-hybridized carbons (Fsp3) is 0.261. The van der Waals surface area contributed by atoms with Gasteiger partial charge in [-0.15, -0.1) is 26.3 Å². The van der Waals surface area contributed by atoms with E-state index in [4.69, 9.17) is 23.2 Å². The molecule has 334 valence electrons.